The molecule has 100 valence electrons. The smallest absolute Gasteiger partial charge is 0.132 e. The monoisotopic (exact) mass is 293 g/mol. The first-order chi connectivity index (χ1) is 9.29. The summed E-state index contributed by atoms with van der Waals surface area (Å²) in [4.78, 5) is 1.17. The molecule has 2 nitrogen and oxygen atoms in total. The molecule has 0 saturated carbocycles. The normalized spacial score (nSPS) is 10.2. The van der Waals surface area contributed by atoms with Crippen LogP contribution in [-0.4, -0.2) is 19.4 Å². The molecule has 0 unspecified atom stereocenters. The fourth-order valence-electron chi connectivity index (χ4n) is 1.66. The second-order valence-electron chi connectivity index (χ2n) is 3.93. The number of rotatable bonds is 6. The lowest BCUT2D eigenvalue weighted by molar-refractivity contribution is 0.405. The molecule has 0 spiro atoms. The highest BCUT2D eigenvalue weighted by molar-refractivity contribution is 7.99. The van der Waals surface area contributed by atoms with Crippen molar-refractivity contribution in [3.8, 4) is 5.75 Å². The maximum atomic E-state index is 5.84. The van der Waals surface area contributed by atoms with Gasteiger partial charge in [-0.1, -0.05) is 23.7 Å². The molecule has 0 aliphatic rings. The standard InChI is InChI=1S/C15H16ClNOS/c1-18-14-4-2-3-5-15(14)19-11-10-17-13-8-6-12(16)7-9-13/h2-9,17H,10-11H2,1H3. The van der Waals surface area contributed by atoms with Gasteiger partial charge in [0, 0.05) is 27.9 Å². The molecule has 0 heterocycles. The average molecular weight is 294 g/mol. The van der Waals surface area contributed by atoms with Crippen molar-refractivity contribution in [3.63, 3.8) is 0 Å². The van der Waals surface area contributed by atoms with Crippen molar-refractivity contribution >= 4 is 29.1 Å². The maximum Gasteiger partial charge on any atom is 0.132 e. The predicted molar refractivity (Wildman–Crippen MR) is 83.7 cm³/mol. The van der Waals surface area contributed by atoms with Gasteiger partial charge in [0.1, 0.15) is 5.75 Å². The first kappa shape index (κ1) is 14.1. The van der Waals surface area contributed by atoms with E-state index in [4.69, 9.17) is 16.3 Å². The molecule has 19 heavy (non-hydrogen) atoms. The number of halogens is 1. The van der Waals surface area contributed by atoms with Gasteiger partial charge in [-0.05, 0) is 36.4 Å². The number of thioether (sulfide) groups is 1. The van der Waals surface area contributed by atoms with Gasteiger partial charge < -0.3 is 10.1 Å². The number of hydrogen-bond acceptors (Lipinski definition) is 3. The Hall–Kier alpha value is -1.32. The van der Waals surface area contributed by atoms with E-state index in [1.54, 1.807) is 18.9 Å². The second kappa shape index (κ2) is 7.31. The van der Waals surface area contributed by atoms with Crippen molar-refractivity contribution in [1.29, 1.82) is 0 Å². The van der Waals surface area contributed by atoms with Gasteiger partial charge in [-0.3, -0.25) is 0 Å². The number of benzene rings is 2. The number of anilines is 1. The summed E-state index contributed by atoms with van der Waals surface area (Å²) in [6, 6.07) is 15.8. The van der Waals surface area contributed by atoms with Crippen LogP contribution in [0.2, 0.25) is 5.02 Å². The van der Waals surface area contributed by atoms with E-state index in [0.29, 0.717) is 0 Å². The highest BCUT2D eigenvalue weighted by atomic mass is 35.5. The summed E-state index contributed by atoms with van der Waals surface area (Å²) in [7, 11) is 1.70. The number of hydrogen-bond donors (Lipinski definition) is 1. The summed E-state index contributed by atoms with van der Waals surface area (Å²) in [6.07, 6.45) is 0. The molecule has 0 aliphatic heterocycles. The highest BCUT2D eigenvalue weighted by Crippen LogP contribution is 2.28. The number of nitrogens with one attached hydrogen (secondary N) is 1. The van der Waals surface area contributed by atoms with Gasteiger partial charge in [0.05, 0.1) is 7.11 Å². The zero-order valence-corrected chi connectivity index (χ0v) is 12.3. The van der Waals surface area contributed by atoms with Crippen LogP contribution in [0.5, 0.6) is 5.75 Å². The Bertz CT molecular complexity index is 516. The van der Waals surface area contributed by atoms with Crippen molar-refractivity contribution in [1.82, 2.24) is 0 Å². The summed E-state index contributed by atoms with van der Waals surface area (Å²) < 4.78 is 5.32. The van der Waals surface area contributed by atoms with Gasteiger partial charge in [0.2, 0.25) is 0 Å². The lowest BCUT2D eigenvalue weighted by Crippen LogP contribution is -2.03. The van der Waals surface area contributed by atoms with Crippen LogP contribution in [0, 0.1) is 0 Å². The zero-order valence-electron chi connectivity index (χ0n) is 10.7. The minimum absolute atomic E-state index is 0.758. The van der Waals surface area contributed by atoms with E-state index in [0.717, 1.165) is 28.8 Å². The molecular weight excluding hydrogens is 278 g/mol. The molecule has 2 aromatic carbocycles. The molecular formula is C15H16ClNOS. The molecule has 0 aromatic heterocycles. The van der Waals surface area contributed by atoms with Crippen LogP contribution in [-0.2, 0) is 0 Å². The molecule has 2 aromatic rings. The van der Waals surface area contributed by atoms with E-state index in [1.165, 1.54) is 4.90 Å². The Kier molecular flexibility index (Phi) is 5.43. The molecule has 0 atom stereocenters. The molecule has 0 radical (unpaired) electrons. The number of ether oxygens (including phenoxy) is 1. The van der Waals surface area contributed by atoms with E-state index < -0.39 is 0 Å². The molecule has 0 aliphatic carbocycles. The summed E-state index contributed by atoms with van der Waals surface area (Å²) in [5.74, 6) is 1.90. The van der Waals surface area contributed by atoms with Crippen LogP contribution in [0.25, 0.3) is 0 Å². The Morgan fingerprint density at radius 3 is 2.58 bits per heavy atom. The lowest BCUT2D eigenvalue weighted by Gasteiger charge is -2.09. The topological polar surface area (TPSA) is 21.3 Å². The summed E-state index contributed by atoms with van der Waals surface area (Å²) in [5, 5.41) is 4.12. The third-order valence-electron chi connectivity index (χ3n) is 2.60. The van der Waals surface area contributed by atoms with Gasteiger partial charge in [0.25, 0.3) is 0 Å². The SMILES string of the molecule is COc1ccccc1SCCNc1ccc(Cl)cc1. The molecule has 0 bridgehead atoms. The first-order valence-electron chi connectivity index (χ1n) is 6.05. The van der Waals surface area contributed by atoms with Crippen LogP contribution >= 0.6 is 23.4 Å². The number of methoxy groups -OCH3 is 1. The van der Waals surface area contributed by atoms with Crippen LogP contribution in [0.1, 0.15) is 0 Å². The largest absolute Gasteiger partial charge is 0.496 e. The van der Waals surface area contributed by atoms with Crippen molar-refractivity contribution in [2.75, 3.05) is 24.7 Å². The summed E-state index contributed by atoms with van der Waals surface area (Å²) >= 11 is 7.62. The Morgan fingerprint density at radius 1 is 1.11 bits per heavy atom. The van der Waals surface area contributed by atoms with Crippen LogP contribution < -0.4 is 10.1 Å². The summed E-state index contributed by atoms with van der Waals surface area (Å²) in [6.45, 7) is 0.893. The van der Waals surface area contributed by atoms with Gasteiger partial charge in [-0.25, -0.2) is 0 Å². The van der Waals surface area contributed by atoms with Crippen LogP contribution in [0.15, 0.2) is 53.4 Å². The second-order valence-corrected chi connectivity index (χ2v) is 5.51. The van der Waals surface area contributed by atoms with E-state index in [9.17, 15) is 0 Å². The van der Waals surface area contributed by atoms with Crippen molar-refractivity contribution in [2.45, 2.75) is 4.90 Å². The van der Waals surface area contributed by atoms with Gasteiger partial charge in [0.15, 0.2) is 0 Å². The molecule has 1 N–H and O–H groups in total. The van der Waals surface area contributed by atoms with E-state index in [1.807, 2.05) is 42.5 Å². The quantitative estimate of drug-likeness (QED) is 0.623. The van der Waals surface area contributed by atoms with Crippen LogP contribution in [0.3, 0.4) is 0 Å². The number of para-hydroxylation sites is 1. The Balaban J connectivity index is 1.79. The fraction of sp³-hybridized carbons (Fsp3) is 0.200. The van der Waals surface area contributed by atoms with Crippen molar-refractivity contribution in [3.05, 3.63) is 53.6 Å². The Labute approximate surface area is 123 Å². The van der Waals surface area contributed by atoms with Crippen molar-refractivity contribution in [2.24, 2.45) is 0 Å². The fourth-order valence-corrected chi connectivity index (χ4v) is 2.68. The molecule has 4 heteroatoms. The molecule has 0 amide bonds. The van der Waals surface area contributed by atoms with Crippen molar-refractivity contribution < 1.29 is 4.74 Å². The third-order valence-corrected chi connectivity index (χ3v) is 3.91. The maximum absolute atomic E-state index is 5.84. The Morgan fingerprint density at radius 2 is 1.84 bits per heavy atom. The average Bonchev–Trinajstić information content (AvgIpc) is 2.46. The lowest BCUT2D eigenvalue weighted by atomic mass is 10.3. The molecule has 2 rings (SSSR count). The molecule has 0 saturated heterocycles. The predicted octanol–water partition coefficient (Wildman–Crippen LogP) is 4.55. The van der Waals surface area contributed by atoms with Gasteiger partial charge >= 0.3 is 0 Å². The van der Waals surface area contributed by atoms with E-state index in [-0.39, 0.29) is 0 Å². The van der Waals surface area contributed by atoms with Gasteiger partial charge in [-0.2, -0.15) is 0 Å². The molecule has 0 fully saturated rings. The highest BCUT2D eigenvalue weighted by Gasteiger charge is 2.01. The third kappa shape index (κ3) is 4.37. The summed E-state index contributed by atoms with van der Waals surface area (Å²) in [5.41, 5.74) is 1.09. The zero-order chi connectivity index (χ0) is 13.5. The minimum atomic E-state index is 0.758. The van der Waals surface area contributed by atoms with Gasteiger partial charge in [-0.15, -0.1) is 11.8 Å². The van der Waals surface area contributed by atoms with E-state index >= 15 is 0 Å². The van der Waals surface area contributed by atoms with E-state index in [2.05, 4.69) is 11.4 Å². The van der Waals surface area contributed by atoms with Crippen LogP contribution in [0.4, 0.5) is 5.69 Å². The first-order valence-corrected chi connectivity index (χ1v) is 7.41. The minimum Gasteiger partial charge on any atom is -0.496 e.